The fraction of sp³-hybridized carbons (Fsp3) is 0.818. The summed E-state index contributed by atoms with van der Waals surface area (Å²) in [6.07, 6.45) is 11.1. The Morgan fingerprint density at radius 3 is 2.58 bits per heavy atom. The monoisotopic (exact) mass is 166 g/mol. The van der Waals surface area contributed by atoms with Crippen molar-refractivity contribution in [3.8, 4) is 0 Å². The van der Waals surface area contributed by atoms with Crippen molar-refractivity contribution in [2.24, 2.45) is 5.92 Å². The van der Waals surface area contributed by atoms with Crippen molar-refractivity contribution >= 4 is 0 Å². The van der Waals surface area contributed by atoms with Crippen LogP contribution in [-0.2, 0) is 0 Å². The molecule has 68 valence electrons. The average molecular weight is 166 g/mol. The van der Waals surface area contributed by atoms with E-state index in [1.54, 1.807) is 0 Å². The van der Waals surface area contributed by atoms with Crippen LogP contribution in [0.4, 0.5) is 0 Å². The van der Waals surface area contributed by atoms with Crippen LogP contribution in [0.15, 0.2) is 11.6 Å². The quantitative estimate of drug-likeness (QED) is 0.625. The highest BCUT2D eigenvalue weighted by Gasteiger charge is 2.19. The first kappa shape index (κ1) is 8.31. The van der Waals surface area contributed by atoms with Crippen LogP contribution >= 0.6 is 0 Å². The van der Waals surface area contributed by atoms with E-state index in [9.17, 15) is 5.11 Å². The van der Waals surface area contributed by atoms with E-state index in [-0.39, 0.29) is 6.10 Å². The second-order valence-electron chi connectivity index (χ2n) is 4.29. The molecule has 0 aromatic heterocycles. The molecular weight excluding hydrogens is 148 g/mol. The number of allylic oxidation sites excluding steroid dienone is 1. The summed E-state index contributed by atoms with van der Waals surface area (Å²) in [4.78, 5) is 0. The summed E-state index contributed by atoms with van der Waals surface area (Å²) >= 11 is 0. The molecule has 0 aliphatic heterocycles. The van der Waals surface area contributed by atoms with Crippen LogP contribution in [-0.4, -0.2) is 11.2 Å². The molecule has 0 saturated heterocycles. The third-order valence-corrected chi connectivity index (χ3v) is 3.21. The summed E-state index contributed by atoms with van der Waals surface area (Å²) < 4.78 is 0. The molecule has 0 aromatic rings. The lowest BCUT2D eigenvalue weighted by Gasteiger charge is -2.08. The second kappa shape index (κ2) is 3.61. The Balaban J connectivity index is 1.82. The van der Waals surface area contributed by atoms with Crippen LogP contribution in [0.25, 0.3) is 0 Å². The normalized spacial score (nSPS) is 31.1. The summed E-state index contributed by atoms with van der Waals surface area (Å²) in [5.74, 6) is 0.946. The predicted molar refractivity (Wildman–Crippen MR) is 49.9 cm³/mol. The first-order valence-electron chi connectivity index (χ1n) is 5.22. The van der Waals surface area contributed by atoms with Crippen LogP contribution in [0, 0.1) is 5.92 Å². The molecule has 0 heterocycles. The maximum Gasteiger partial charge on any atom is 0.0726 e. The Labute approximate surface area is 74.5 Å². The lowest BCUT2D eigenvalue weighted by atomic mass is 9.98. The van der Waals surface area contributed by atoms with Crippen LogP contribution in [0.1, 0.15) is 44.9 Å². The minimum Gasteiger partial charge on any atom is -0.389 e. The lowest BCUT2D eigenvalue weighted by Crippen LogP contribution is -1.94. The Bertz CT molecular complexity index is 177. The average Bonchev–Trinajstić information content (AvgIpc) is 2.63. The largest absolute Gasteiger partial charge is 0.389 e. The van der Waals surface area contributed by atoms with Gasteiger partial charge in [0.2, 0.25) is 0 Å². The highest BCUT2D eigenvalue weighted by molar-refractivity contribution is 5.12. The number of rotatable bonds is 2. The zero-order valence-corrected chi connectivity index (χ0v) is 7.63. The summed E-state index contributed by atoms with van der Waals surface area (Å²) in [6.45, 7) is 0. The summed E-state index contributed by atoms with van der Waals surface area (Å²) in [7, 11) is 0. The topological polar surface area (TPSA) is 20.2 Å². The number of hydrogen-bond acceptors (Lipinski definition) is 1. The zero-order chi connectivity index (χ0) is 8.39. The SMILES string of the molecule is OC1C=C(CC2CCCC2)CC1. The van der Waals surface area contributed by atoms with Crippen molar-refractivity contribution < 1.29 is 5.11 Å². The van der Waals surface area contributed by atoms with E-state index in [0.29, 0.717) is 0 Å². The standard InChI is InChI=1S/C11H18O/c12-11-6-5-10(8-11)7-9-3-1-2-4-9/h8-9,11-12H,1-7H2. The van der Waals surface area contributed by atoms with Crippen LogP contribution < -0.4 is 0 Å². The van der Waals surface area contributed by atoms with E-state index in [2.05, 4.69) is 6.08 Å². The molecule has 1 N–H and O–H groups in total. The second-order valence-corrected chi connectivity index (χ2v) is 4.29. The van der Waals surface area contributed by atoms with Gasteiger partial charge in [-0.1, -0.05) is 37.3 Å². The molecular formula is C11H18O. The van der Waals surface area contributed by atoms with Crippen molar-refractivity contribution in [2.45, 2.75) is 51.0 Å². The van der Waals surface area contributed by atoms with Crippen molar-refractivity contribution in [1.82, 2.24) is 0 Å². The van der Waals surface area contributed by atoms with E-state index >= 15 is 0 Å². The molecule has 0 bridgehead atoms. The molecule has 0 amide bonds. The Morgan fingerprint density at radius 1 is 1.25 bits per heavy atom. The van der Waals surface area contributed by atoms with Crippen LogP contribution in [0.2, 0.25) is 0 Å². The zero-order valence-electron chi connectivity index (χ0n) is 7.63. The maximum atomic E-state index is 9.30. The molecule has 1 saturated carbocycles. The molecule has 1 heteroatoms. The highest BCUT2D eigenvalue weighted by atomic mass is 16.3. The number of aliphatic hydroxyl groups is 1. The van der Waals surface area contributed by atoms with Gasteiger partial charge in [0, 0.05) is 0 Å². The molecule has 2 aliphatic rings. The molecule has 0 spiro atoms. The van der Waals surface area contributed by atoms with Gasteiger partial charge >= 0.3 is 0 Å². The van der Waals surface area contributed by atoms with Gasteiger partial charge in [-0.25, -0.2) is 0 Å². The molecule has 1 fully saturated rings. The minimum atomic E-state index is -0.124. The maximum absolute atomic E-state index is 9.30. The molecule has 0 aromatic carbocycles. The van der Waals surface area contributed by atoms with Gasteiger partial charge < -0.3 is 5.11 Å². The van der Waals surface area contributed by atoms with Gasteiger partial charge in [0.15, 0.2) is 0 Å². The summed E-state index contributed by atoms with van der Waals surface area (Å²) in [5.41, 5.74) is 1.52. The third kappa shape index (κ3) is 1.89. The Morgan fingerprint density at radius 2 is 2.00 bits per heavy atom. The predicted octanol–water partition coefficient (Wildman–Crippen LogP) is 2.65. The van der Waals surface area contributed by atoms with E-state index in [1.165, 1.54) is 37.7 Å². The van der Waals surface area contributed by atoms with Gasteiger partial charge in [0.05, 0.1) is 6.10 Å². The molecule has 2 rings (SSSR count). The minimum absolute atomic E-state index is 0.124. The van der Waals surface area contributed by atoms with Gasteiger partial charge in [-0.2, -0.15) is 0 Å². The third-order valence-electron chi connectivity index (χ3n) is 3.21. The van der Waals surface area contributed by atoms with Crippen LogP contribution in [0.3, 0.4) is 0 Å². The number of hydrogen-bond donors (Lipinski definition) is 1. The smallest absolute Gasteiger partial charge is 0.0726 e. The van der Waals surface area contributed by atoms with Gasteiger partial charge in [0.25, 0.3) is 0 Å². The highest BCUT2D eigenvalue weighted by Crippen LogP contribution is 2.33. The summed E-state index contributed by atoms with van der Waals surface area (Å²) in [6, 6.07) is 0. The molecule has 0 radical (unpaired) electrons. The molecule has 1 nitrogen and oxygen atoms in total. The van der Waals surface area contributed by atoms with Gasteiger partial charge in [-0.15, -0.1) is 0 Å². The lowest BCUT2D eigenvalue weighted by molar-refractivity contribution is 0.223. The van der Waals surface area contributed by atoms with Gasteiger partial charge in [0.1, 0.15) is 0 Å². The van der Waals surface area contributed by atoms with Crippen molar-refractivity contribution in [3.05, 3.63) is 11.6 Å². The fourth-order valence-electron chi connectivity index (χ4n) is 2.53. The van der Waals surface area contributed by atoms with E-state index in [4.69, 9.17) is 0 Å². The molecule has 1 atom stereocenters. The van der Waals surface area contributed by atoms with Crippen LogP contribution in [0.5, 0.6) is 0 Å². The molecule has 2 aliphatic carbocycles. The Hall–Kier alpha value is -0.300. The molecule has 12 heavy (non-hydrogen) atoms. The number of aliphatic hydroxyl groups excluding tert-OH is 1. The van der Waals surface area contributed by atoms with E-state index < -0.39 is 0 Å². The Kier molecular flexibility index (Phi) is 2.50. The summed E-state index contributed by atoms with van der Waals surface area (Å²) in [5, 5.41) is 9.30. The first-order valence-corrected chi connectivity index (χ1v) is 5.22. The molecule has 1 unspecified atom stereocenters. The van der Waals surface area contributed by atoms with E-state index in [1.807, 2.05) is 0 Å². The van der Waals surface area contributed by atoms with Crippen molar-refractivity contribution in [3.63, 3.8) is 0 Å². The van der Waals surface area contributed by atoms with Crippen molar-refractivity contribution in [2.75, 3.05) is 0 Å². The van der Waals surface area contributed by atoms with E-state index in [0.717, 1.165) is 18.8 Å². The van der Waals surface area contributed by atoms with Gasteiger partial charge in [-0.3, -0.25) is 0 Å². The van der Waals surface area contributed by atoms with Gasteiger partial charge in [-0.05, 0) is 25.2 Å². The van der Waals surface area contributed by atoms with Crippen molar-refractivity contribution in [1.29, 1.82) is 0 Å². The fourth-order valence-corrected chi connectivity index (χ4v) is 2.53. The first-order chi connectivity index (χ1) is 5.84.